The summed E-state index contributed by atoms with van der Waals surface area (Å²) in [6.07, 6.45) is 0.243. The number of hydrogen-bond donors (Lipinski definition) is 1. The van der Waals surface area contributed by atoms with Crippen molar-refractivity contribution < 1.29 is 22.7 Å². The Balaban J connectivity index is 2.31. The van der Waals surface area contributed by atoms with Crippen LogP contribution in [-0.2, 0) is 14.8 Å². The van der Waals surface area contributed by atoms with Gasteiger partial charge in [-0.05, 0) is 24.6 Å². The van der Waals surface area contributed by atoms with Gasteiger partial charge in [-0.2, -0.15) is 4.31 Å². The first-order valence-electron chi connectivity index (χ1n) is 5.50. The molecular weight excluding hydrogens is 341 g/mol. The summed E-state index contributed by atoms with van der Waals surface area (Å²) in [5, 5.41) is 8.86. The van der Waals surface area contributed by atoms with Gasteiger partial charge in [0.15, 0.2) is 0 Å². The van der Waals surface area contributed by atoms with Crippen LogP contribution in [0.25, 0.3) is 0 Å². The van der Waals surface area contributed by atoms with Gasteiger partial charge in [0.1, 0.15) is 10.7 Å². The van der Waals surface area contributed by atoms with E-state index in [0.29, 0.717) is 4.47 Å². The zero-order chi connectivity index (χ0) is 14.2. The Morgan fingerprint density at radius 2 is 2.16 bits per heavy atom. The molecule has 1 saturated heterocycles. The molecule has 1 atom stereocenters. The maximum Gasteiger partial charge on any atom is 0.307 e. The highest BCUT2D eigenvalue weighted by Crippen LogP contribution is 2.27. The molecule has 104 valence electrons. The molecule has 0 spiro atoms. The smallest absolute Gasteiger partial charge is 0.307 e. The Kier molecular flexibility index (Phi) is 3.93. The molecule has 1 aromatic rings. The molecule has 1 fully saturated rings. The van der Waals surface area contributed by atoms with Crippen molar-refractivity contribution in [2.75, 3.05) is 13.1 Å². The number of benzene rings is 1. The fraction of sp³-hybridized carbons (Fsp3) is 0.364. The zero-order valence-corrected chi connectivity index (χ0v) is 12.1. The minimum absolute atomic E-state index is 0.0921. The number of carboxylic acid groups (broad SMARTS) is 1. The van der Waals surface area contributed by atoms with E-state index in [9.17, 15) is 17.6 Å². The molecule has 0 aromatic heterocycles. The summed E-state index contributed by atoms with van der Waals surface area (Å²) in [5.74, 6) is -2.62. The average molecular weight is 352 g/mol. The molecule has 8 heteroatoms. The lowest BCUT2D eigenvalue weighted by Crippen LogP contribution is -2.30. The summed E-state index contributed by atoms with van der Waals surface area (Å²) in [5.41, 5.74) is 0. The predicted octanol–water partition coefficient (Wildman–Crippen LogP) is 1.68. The van der Waals surface area contributed by atoms with E-state index in [1.54, 1.807) is 0 Å². The van der Waals surface area contributed by atoms with Gasteiger partial charge in [0.25, 0.3) is 0 Å². The SMILES string of the molecule is O=C(O)C1CCN(S(=O)(=O)c2ccc(Br)cc2F)C1. The first-order chi connectivity index (χ1) is 8.82. The van der Waals surface area contributed by atoms with Crippen LogP contribution in [0.3, 0.4) is 0 Å². The third kappa shape index (κ3) is 2.80. The maximum absolute atomic E-state index is 13.7. The highest BCUT2D eigenvalue weighted by molar-refractivity contribution is 9.10. The minimum atomic E-state index is -3.98. The highest BCUT2D eigenvalue weighted by atomic mass is 79.9. The number of sulfonamides is 1. The van der Waals surface area contributed by atoms with Crippen molar-refractivity contribution in [3.8, 4) is 0 Å². The number of aliphatic carboxylic acids is 1. The fourth-order valence-electron chi connectivity index (χ4n) is 1.97. The summed E-state index contributed by atoms with van der Waals surface area (Å²) in [6, 6.07) is 3.67. The minimum Gasteiger partial charge on any atom is -0.481 e. The Bertz CT molecular complexity index is 619. The predicted molar refractivity (Wildman–Crippen MR) is 68.6 cm³/mol. The van der Waals surface area contributed by atoms with Crippen LogP contribution in [0.2, 0.25) is 0 Å². The van der Waals surface area contributed by atoms with Crippen LogP contribution in [-0.4, -0.2) is 36.9 Å². The molecular formula is C11H11BrFNO4S. The van der Waals surface area contributed by atoms with Crippen molar-refractivity contribution in [1.29, 1.82) is 0 Å². The highest BCUT2D eigenvalue weighted by Gasteiger charge is 2.36. The van der Waals surface area contributed by atoms with Crippen molar-refractivity contribution in [3.05, 3.63) is 28.5 Å². The Labute approximate surface area is 118 Å². The van der Waals surface area contributed by atoms with Crippen molar-refractivity contribution in [1.82, 2.24) is 4.31 Å². The van der Waals surface area contributed by atoms with Gasteiger partial charge < -0.3 is 5.11 Å². The summed E-state index contributed by atoms with van der Waals surface area (Å²) >= 11 is 3.05. The molecule has 1 aliphatic heterocycles. The quantitative estimate of drug-likeness (QED) is 0.898. The van der Waals surface area contributed by atoms with Gasteiger partial charge in [0, 0.05) is 17.6 Å². The number of nitrogens with zero attached hydrogens (tertiary/aromatic N) is 1. The van der Waals surface area contributed by atoms with Gasteiger partial charge in [-0.25, -0.2) is 12.8 Å². The van der Waals surface area contributed by atoms with Crippen molar-refractivity contribution in [2.45, 2.75) is 11.3 Å². The van der Waals surface area contributed by atoms with Crippen LogP contribution in [0.15, 0.2) is 27.6 Å². The lowest BCUT2D eigenvalue weighted by atomic mass is 10.1. The number of carboxylic acids is 1. The fourth-order valence-corrected chi connectivity index (χ4v) is 3.85. The molecule has 0 radical (unpaired) electrons. The first-order valence-corrected chi connectivity index (χ1v) is 7.73. The molecule has 2 rings (SSSR count). The first kappa shape index (κ1) is 14.4. The van der Waals surface area contributed by atoms with Gasteiger partial charge in [-0.3, -0.25) is 4.79 Å². The molecule has 1 unspecified atom stereocenters. The third-order valence-corrected chi connectivity index (χ3v) is 5.40. The van der Waals surface area contributed by atoms with E-state index < -0.39 is 32.6 Å². The molecule has 1 heterocycles. The Morgan fingerprint density at radius 1 is 1.47 bits per heavy atom. The second-order valence-corrected chi connectivity index (χ2v) is 7.08. The summed E-state index contributed by atoms with van der Waals surface area (Å²) in [4.78, 5) is 10.4. The second kappa shape index (κ2) is 5.18. The Morgan fingerprint density at radius 3 is 2.68 bits per heavy atom. The number of rotatable bonds is 3. The lowest BCUT2D eigenvalue weighted by molar-refractivity contribution is -0.141. The van der Waals surface area contributed by atoms with Crippen molar-refractivity contribution >= 4 is 31.9 Å². The van der Waals surface area contributed by atoms with E-state index in [1.165, 1.54) is 12.1 Å². The van der Waals surface area contributed by atoms with E-state index in [1.807, 2.05) is 0 Å². The number of halogens is 2. The van der Waals surface area contributed by atoms with E-state index in [4.69, 9.17) is 5.11 Å². The van der Waals surface area contributed by atoms with E-state index in [-0.39, 0.29) is 19.5 Å². The van der Waals surface area contributed by atoms with Crippen molar-refractivity contribution in [2.24, 2.45) is 5.92 Å². The Hall–Kier alpha value is -0.990. The summed E-state index contributed by atoms with van der Waals surface area (Å²) in [7, 11) is -3.98. The maximum atomic E-state index is 13.7. The molecule has 0 saturated carbocycles. The standard InChI is InChI=1S/C11H11BrFNO4S/c12-8-1-2-10(9(13)5-8)19(17,18)14-4-3-7(6-14)11(15)16/h1-2,5,7H,3-4,6H2,(H,15,16). The number of carbonyl (C=O) groups is 1. The normalized spacial score (nSPS) is 20.6. The van der Waals surface area contributed by atoms with E-state index >= 15 is 0 Å². The monoisotopic (exact) mass is 351 g/mol. The van der Waals surface area contributed by atoms with E-state index in [2.05, 4.69) is 15.9 Å². The van der Waals surface area contributed by atoms with Crippen LogP contribution in [0.5, 0.6) is 0 Å². The van der Waals surface area contributed by atoms with Crippen LogP contribution < -0.4 is 0 Å². The molecule has 1 aromatic carbocycles. The lowest BCUT2D eigenvalue weighted by Gasteiger charge is -2.16. The van der Waals surface area contributed by atoms with Crippen molar-refractivity contribution in [3.63, 3.8) is 0 Å². The van der Waals surface area contributed by atoms with Gasteiger partial charge in [-0.1, -0.05) is 15.9 Å². The van der Waals surface area contributed by atoms with E-state index in [0.717, 1.165) is 10.4 Å². The third-order valence-electron chi connectivity index (χ3n) is 3.01. The molecule has 5 nitrogen and oxygen atoms in total. The molecule has 1 aliphatic rings. The molecule has 19 heavy (non-hydrogen) atoms. The number of hydrogen-bond acceptors (Lipinski definition) is 3. The van der Waals surface area contributed by atoms with Crippen LogP contribution >= 0.6 is 15.9 Å². The van der Waals surface area contributed by atoms with Crippen LogP contribution in [0, 0.1) is 11.7 Å². The van der Waals surface area contributed by atoms with Crippen LogP contribution in [0.4, 0.5) is 4.39 Å². The molecule has 0 amide bonds. The molecule has 1 N–H and O–H groups in total. The molecule has 0 aliphatic carbocycles. The van der Waals surface area contributed by atoms with Gasteiger partial charge in [0.05, 0.1) is 5.92 Å². The second-order valence-electron chi connectivity index (χ2n) is 4.26. The summed E-state index contributed by atoms with van der Waals surface area (Å²) < 4.78 is 39.6. The zero-order valence-electron chi connectivity index (χ0n) is 9.71. The topological polar surface area (TPSA) is 74.7 Å². The van der Waals surface area contributed by atoms with Crippen LogP contribution in [0.1, 0.15) is 6.42 Å². The van der Waals surface area contributed by atoms with Gasteiger partial charge >= 0.3 is 5.97 Å². The summed E-state index contributed by atoms with van der Waals surface area (Å²) in [6.45, 7) is -0.0258. The largest absolute Gasteiger partial charge is 0.481 e. The van der Waals surface area contributed by atoms with Gasteiger partial charge in [0.2, 0.25) is 10.0 Å². The average Bonchev–Trinajstić information content (AvgIpc) is 2.78. The molecule has 0 bridgehead atoms. The van der Waals surface area contributed by atoms with Gasteiger partial charge in [-0.15, -0.1) is 0 Å².